The van der Waals surface area contributed by atoms with Crippen LogP contribution >= 0.6 is 0 Å². The van der Waals surface area contributed by atoms with Crippen molar-refractivity contribution in [1.29, 1.82) is 0 Å². The molecule has 0 saturated heterocycles. The highest BCUT2D eigenvalue weighted by atomic mass is 16.4. The van der Waals surface area contributed by atoms with E-state index in [0.29, 0.717) is 13.1 Å². The minimum atomic E-state index is -0.895. The van der Waals surface area contributed by atoms with Gasteiger partial charge in [0, 0.05) is 12.6 Å². The van der Waals surface area contributed by atoms with Crippen LogP contribution in [0.2, 0.25) is 0 Å². The second-order valence-electron chi connectivity index (χ2n) is 2.65. The summed E-state index contributed by atoms with van der Waals surface area (Å²) >= 11 is 0. The van der Waals surface area contributed by atoms with Gasteiger partial charge in [-0.2, -0.15) is 0 Å². The summed E-state index contributed by atoms with van der Waals surface area (Å²) in [4.78, 5) is 10.2. The van der Waals surface area contributed by atoms with Gasteiger partial charge >= 0.3 is 5.97 Å². The molecule has 0 radical (unpaired) electrons. The van der Waals surface area contributed by atoms with Crippen LogP contribution in [-0.4, -0.2) is 30.7 Å². The van der Waals surface area contributed by atoms with E-state index in [-0.39, 0.29) is 0 Å². The fraction of sp³-hybridized carbons (Fsp3) is 0.625. The monoisotopic (exact) mass is 172 g/mol. The van der Waals surface area contributed by atoms with Crippen LogP contribution < -0.4 is 11.1 Å². The number of carboxylic acids is 1. The molecule has 0 heterocycles. The highest BCUT2D eigenvalue weighted by Crippen LogP contribution is 1.88. The SMILES string of the molecule is CC(=CC(=O)O)CNCCCN. The largest absolute Gasteiger partial charge is 0.478 e. The predicted octanol–water partition coefficient (Wildman–Crippen LogP) is -0.0443. The maximum absolute atomic E-state index is 10.2. The molecule has 0 aromatic rings. The number of aliphatic carboxylic acids is 1. The average molecular weight is 172 g/mol. The Morgan fingerprint density at radius 3 is 2.83 bits per heavy atom. The first-order valence-corrected chi connectivity index (χ1v) is 3.97. The van der Waals surface area contributed by atoms with Gasteiger partial charge in [-0.3, -0.25) is 0 Å². The molecule has 0 fully saturated rings. The van der Waals surface area contributed by atoms with Crippen molar-refractivity contribution in [3.63, 3.8) is 0 Å². The Labute approximate surface area is 72.4 Å². The summed E-state index contributed by atoms with van der Waals surface area (Å²) < 4.78 is 0. The van der Waals surface area contributed by atoms with E-state index in [1.807, 2.05) is 0 Å². The molecule has 0 unspecified atom stereocenters. The van der Waals surface area contributed by atoms with Crippen molar-refractivity contribution >= 4 is 5.97 Å². The van der Waals surface area contributed by atoms with Crippen LogP contribution in [0.15, 0.2) is 11.6 Å². The van der Waals surface area contributed by atoms with Gasteiger partial charge in [0.15, 0.2) is 0 Å². The smallest absolute Gasteiger partial charge is 0.328 e. The molecular formula is C8H16N2O2. The van der Waals surface area contributed by atoms with Gasteiger partial charge in [-0.15, -0.1) is 0 Å². The Bertz CT molecular complexity index is 166. The van der Waals surface area contributed by atoms with Gasteiger partial charge in [0.2, 0.25) is 0 Å². The van der Waals surface area contributed by atoms with Crippen LogP contribution in [0.5, 0.6) is 0 Å². The minimum absolute atomic E-state index is 0.617. The molecule has 0 spiro atoms. The van der Waals surface area contributed by atoms with Crippen molar-refractivity contribution in [3.05, 3.63) is 11.6 Å². The molecule has 0 saturated carbocycles. The van der Waals surface area contributed by atoms with Crippen LogP contribution in [0.4, 0.5) is 0 Å². The van der Waals surface area contributed by atoms with E-state index >= 15 is 0 Å². The van der Waals surface area contributed by atoms with Gasteiger partial charge in [0.1, 0.15) is 0 Å². The van der Waals surface area contributed by atoms with Crippen molar-refractivity contribution in [2.45, 2.75) is 13.3 Å². The highest BCUT2D eigenvalue weighted by Gasteiger charge is 1.93. The maximum atomic E-state index is 10.2. The van der Waals surface area contributed by atoms with E-state index in [9.17, 15) is 4.79 Å². The molecule has 4 heteroatoms. The van der Waals surface area contributed by atoms with E-state index in [0.717, 1.165) is 18.5 Å². The number of hydrogen-bond donors (Lipinski definition) is 3. The summed E-state index contributed by atoms with van der Waals surface area (Å²) in [5.41, 5.74) is 6.10. The lowest BCUT2D eigenvalue weighted by Crippen LogP contribution is -2.20. The third-order valence-corrected chi connectivity index (χ3v) is 1.33. The van der Waals surface area contributed by atoms with Crippen molar-refractivity contribution in [3.8, 4) is 0 Å². The number of rotatable bonds is 6. The van der Waals surface area contributed by atoms with E-state index in [4.69, 9.17) is 10.8 Å². The molecule has 0 aliphatic carbocycles. The number of nitrogens with one attached hydrogen (secondary N) is 1. The summed E-state index contributed by atoms with van der Waals surface area (Å²) in [6.45, 7) is 3.89. The Morgan fingerprint density at radius 1 is 1.67 bits per heavy atom. The van der Waals surface area contributed by atoms with Crippen LogP contribution in [0.1, 0.15) is 13.3 Å². The fourth-order valence-electron chi connectivity index (χ4n) is 0.774. The molecule has 0 aliphatic rings. The van der Waals surface area contributed by atoms with Crippen LogP contribution in [0, 0.1) is 0 Å². The summed E-state index contributed by atoms with van der Waals surface area (Å²) in [6, 6.07) is 0. The average Bonchev–Trinajstić information content (AvgIpc) is 1.97. The standard InChI is InChI=1S/C8H16N2O2/c1-7(5-8(11)12)6-10-4-2-3-9/h5,10H,2-4,6,9H2,1H3,(H,11,12). The van der Waals surface area contributed by atoms with E-state index in [1.165, 1.54) is 6.08 Å². The lowest BCUT2D eigenvalue weighted by molar-refractivity contribution is -0.131. The Hall–Kier alpha value is -0.870. The van der Waals surface area contributed by atoms with Gasteiger partial charge in [0.05, 0.1) is 0 Å². The minimum Gasteiger partial charge on any atom is -0.478 e. The summed E-state index contributed by atoms with van der Waals surface area (Å²) in [7, 11) is 0. The lowest BCUT2D eigenvalue weighted by Gasteiger charge is -2.02. The first-order valence-electron chi connectivity index (χ1n) is 3.97. The lowest BCUT2D eigenvalue weighted by atomic mass is 10.3. The Morgan fingerprint density at radius 2 is 2.33 bits per heavy atom. The fourth-order valence-corrected chi connectivity index (χ4v) is 0.774. The second kappa shape index (κ2) is 6.82. The number of carbonyl (C=O) groups is 1. The zero-order valence-electron chi connectivity index (χ0n) is 7.34. The summed E-state index contributed by atoms with van der Waals surface area (Å²) in [5, 5.41) is 11.4. The topological polar surface area (TPSA) is 75.3 Å². The predicted molar refractivity (Wildman–Crippen MR) is 47.9 cm³/mol. The number of nitrogens with two attached hydrogens (primary N) is 1. The van der Waals surface area contributed by atoms with Gasteiger partial charge in [-0.05, 0) is 26.4 Å². The number of hydrogen-bond acceptors (Lipinski definition) is 3. The van der Waals surface area contributed by atoms with E-state index in [1.54, 1.807) is 6.92 Å². The van der Waals surface area contributed by atoms with Crippen molar-refractivity contribution in [2.24, 2.45) is 5.73 Å². The summed E-state index contributed by atoms with van der Waals surface area (Å²) in [5.74, 6) is -0.895. The van der Waals surface area contributed by atoms with Crippen molar-refractivity contribution in [1.82, 2.24) is 5.32 Å². The van der Waals surface area contributed by atoms with Crippen molar-refractivity contribution < 1.29 is 9.90 Å². The highest BCUT2D eigenvalue weighted by molar-refractivity contribution is 5.80. The van der Waals surface area contributed by atoms with Gasteiger partial charge in [0.25, 0.3) is 0 Å². The molecule has 4 nitrogen and oxygen atoms in total. The first-order chi connectivity index (χ1) is 5.66. The van der Waals surface area contributed by atoms with Gasteiger partial charge in [-0.25, -0.2) is 4.79 Å². The zero-order chi connectivity index (χ0) is 9.40. The molecule has 12 heavy (non-hydrogen) atoms. The Balaban J connectivity index is 3.43. The molecule has 0 aromatic carbocycles. The maximum Gasteiger partial charge on any atom is 0.328 e. The van der Waals surface area contributed by atoms with Gasteiger partial charge in [-0.1, -0.05) is 5.57 Å². The second-order valence-corrected chi connectivity index (χ2v) is 2.65. The van der Waals surface area contributed by atoms with Crippen LogP contribution in [0.3, 0.4) is 0 Å². The van der Waals surface area contributed by atoms with Gasteiger partial charge < -0.3 is 16.2 Å². The molecule has 0 atom stereocenters. The normalized spacial score (nSPS) is 11.7. The molecule has 70 valence electrons. The van der Waals surface area contributed by atoms with Crippen LogP contribution in [0.25, 0.3) is 0 Å². The molecule has 0 amide bonds. The third kappa shape index (κ3) is 7.24. The van der Waals surface area contributed by atoms with Crippen molar-refractivity contribution in [2.75, 3.05) is 19.6 Å². The molecule has 4 N–H and O–H groups in total. The van der Waals surface area contributed by atoms with Crippen LogP contribution in [-0.2, 0) is 4.79 Å². The number of carboxylic acid groups (broad SMARTS) is 1. The zero-order valence-corrected chi connectivity index (χ0v) is 7.34. The molecule has 0 aromatic heterocycles. The molecule has 0 bridgehead atoms. The van der Waals surface area contributed by atoms with E-state index in [2.05, 4.69) is 5.32 Å². The quantitative estimate of drug-likeness (QED) is 0.388. The first kappa shape index (κ1) is 11.1. The third-order valence-electron chi connectivity index (χ3n) is 1.33. The molecule has 0 aliphatic heterocycles. The Kier molecular flexibility index (Phi) is 6.32. The summed E-state index contributed by atoms with van der Waals surface area (Å²) in [6.07, 6.45) is 2.12. The molecular weight excluding hydrogens is 156 g/mol. The van der Waals surface area contributed by atoms with E-state index < -0.39 is 5.97 Å². The molecule has 0 rings (SSSR count).